The van der Waals surface area contributed by atoms with Gasteiger partial charge < -0.3 is 15.4 Å². The highest BCUT2D eigenvalue weighted by Gasteiger charge is 2.33. The SMILES string of the molecule is CCC1CCCC1NCC(CC)(CC)NC(=O)OC(C)(C)C. The monoisotopic (exact) mass is 312 g/mol. The molecule has 0 spiro atoms. The molecule has 4 nitrogen and oxygen atoms in total. The Morgan fingerprint density at radius 3 is 2.27 bits per heavy atom. The van der Waals surface area contributed by atoms with E-state index in [9.17, 15) is 4.79 Å². The van der Waals surface area contributed by atoms with Crippen LogP contribution < -0.4 is 10.6 Å². The number of hydrogen-bond acceptors (Lipinski definition) is 3. The van der Waals surface area contributed by atoms with Gasteiger partial charge in [0.1, 0.15) is 5.60 Å². The van der Waals surface area contributed by atoms with E-state index in [1.807, 2.05) is 20.8 Å². The Bertz CT molecular complexity index is 345. The first-order valence-electron chi connectivity index (χ1n) is 8.99. The molecule has 1 amide bonds. The number of rotatable bonds is 7. The Morgan fingerprint density at radius 2 is 1.77 bits per heavy atom. The molecule has 1 rings (SSSR count). The van der Waals surface area contributed by atoms with Gasteiger partial charge in [0, 0.05) is 12.6 Å². The smallest absolute Gasteiger partial charge is 0.408 e. The molecule has 2 atom stereocenters. The number of ether oxygens (including phenoxy) is 1. The van der Waals surface area contributed by atoms with Crippen LogP contribution in [-0.2, 0) is 4.74 Å². The van der Waals surface area contributed by atoms with Crippen molar-refractivity contribution >= 4 is 6.09 Å². The van der Waals surface area contributed by atoms with Crippen molar-refractivity contribution in [3.63, 3.8) is 0 Å². The van der Waals surface area contributed by atoms with Gasteiger partial charge in [-0.05, 0) is 52.4 Å². The molecule has 2 unspecified atom stereocenters. The van der Waals surface area contributed by atoms with Gasteiger partial charge in [0.25, 0.3) is 0 Å². The van der Waals surface area contributed by atoms with Crippen molar-refractivity contribution in [1.82, 2.24) is 10.6 Å². The zero-order valence-electron chi connectivity index (χ0n) is 15.4. The zero-order valence-corrected chi connectivity index (χ0v) is 15.4. The maximum absolute atomic E-state index is 12.1. The molecule has 1 saturated carbocycles. The van der Waals surface area contributed by atoms with E-state index in [1.165, 1.54) is 25.7 Å². The van der Waals surface area contributed by atoms with Gasteiger partial charge >= 0.3 is 6.09 Å². The van der Waals surface area contributed by atoms with Crippen molar-refractivity contribution in [2.75, 3.05) is 6.54 Å². The number of alkyl carbamates (subject to hydrolysis) is 1. The van der Waals surface area contributed by atoms with Crippen molar-refractivity contribution in [3.8, 4) is 0 Å². The molecule has 0 aromatic heterocycles. The van der Waals surface area contributed by atoms with E-state index in [-0.39, 0.29) is 11.6 Å². The maximum atomic E-state index is 12.1. The molecule has 0 heterocycles. The molecule has 1 aliphatic carbocycles. The third-order valence-electron chi connectivity index (χ3n) is 5.01. The molecular formula is C18H36N2O2. The molecular weight excluding hydrogens is 276 g/mol. The van der Waals surface area contributed by atoms with Crippen LogP contribution in [0.15, 0.2) is 0 Å². The van der Waals surface area contributed by atoms with Gasteiger partial charge in [-0.2, -0.15) is 0 Å². The largest absolute Gasteiger partial charge is 0.444 e. The summed E-state index contributed by atoms with van der Waals surface area (Å²) >= 11 is 0. The van der Waals surface area contributed by atoms with Gasteiger partial charge in [0.15, 0.2) is 0 Å². The first kappa shape index (κ1) is 19.3. The summed E-state index contributed by atoms with van der Waals surface area (Å²) in [7, 11) is 0. The number of hydrogen-bond donors (Lipinski definition) is 2. The first-order chi connectivity index (χ1) is 10.2. The molecule has 0 aliphatic heterocycles. The van der Waals surface area contributed by atoms with E-state index in [1.54, 1.807) is 0 Å². The summed E-state index contributed by atoms with van der Waals surface area (Å²) in [6.07, 6.45) is 6.64. The second-order valence-electron chi connectivity index (χ2n) is 7.70. The molecule has 4 heteroatoms. The van der Waals surface area contributed by atoms with Crippen LogP contribution in [0.4, 0.5) is 4.79 Å². The summed E-state index contributed by atoms with van der Waals surface area (Å²) < 4.78 is 5.43. The molecule has 22 heavy (non-hydrogen) atoms. The molecule has 2 N–H and O–H groups in total. The number of amides is 1. The highest BCUT2D eigenvalue weighted by molar-refractivity contribution is 5.68. The minimum absolute atomic E-state index is 0.219. The summed E-state index contributed by atoms with van der Waals surface area (Å²) in [6, 6.07) is 0.600. The average molecular weight is 312 g/mol. The van der Waals surface area contributed by atoms with Gasteiger partial charge in [-0.15, -0.1) is 0 Å². The molecule has 0 bridgehead atoms. The second kappa shape index (κ2) is 8.19. The third kappa shape index (κ3) is 5.79. The fourth-order valence-electron chi connectivity index (χ4n) is 3.36. The highest BCUT2D eigenvalue weighted by atomic mass is 16.6. The Balaban J connectivity index is 2.60. The van der Waals surface area contributed by atoms with Gasteiger partial charge in [0.05, 0.1) is 5.54 Å². The van der Waals surface area contributed by atoms with E-state index in [4.69, 9.17) is 4.74 Å². The van der Waals surface area contributed by atoms with Crippen molar-refractivity contribution in [3.05, 3.63) is 0 Å². The van der Waals surface area contributed by atoms with Crippen molar-refractivity contribution < 1.29 is 9.53 Å². The average Bonchev–Trinajstić information content (AvgIpc) is 2.89. The van der Waals surface area contributed by atoms with Gasteiger partial charge in [0.2, 0.25) is 0 Å². The number of nitrogens with one attached hydrogen (secondary N) is 2. The van der Waals surface area contributed by atoms with Crippen LogP contribution in [-0.4, -0.2) is 29.8 Å². The lowest BCUT2D eigenvalue weighted by atomic mass is 9.91. The number of carbonyl (C=O) groups is 1. The quantitative estimate of drug-likeness (QED) is 0.739. The summed E-state index contributed by atoms with van der Waals surface area (Å²) in [5.41, 5.74) is -0.674. The summed E-state index contributed by atoms with van der Waals surface area (Å²) in [5, 5.41) is 6.84. The Hall–Kier alpha value is -0.770. The standard InChI is InChI=1S/C18H36N2O2/c1-7-14-11-10-12-15(14)19-13-18(8-2,9-3)20-16(21)22-17(4,5)6/h14-15,19H,7-13H2,1-6H3,(H,20,21). The summed E-state index contributed by atoms with van der Waals surface area (Å²) in [5.74, 6) is 0.785. The van der Waals surface area contributed by atoms with E-state index >= 15 is 0 Å². The lowest BCUT2D eigenvalue weighted by Crippen LogP contribution is -2.56. The predicted octanol–water partition coefficient (Wildman–Crippen LogP) is 4.24. The van der Waals surface area contributed by atoms with Crippen molar-refractivity contribution in [2.24, 2.45) is 5.92 Å². The van der Waals surface area contributed by atoms with Crippen LogP contribution in [0.2, 0.25) is 0 Å². The minimum atomic E-state index is -0.455. The fourth-order valence-corrected chi connectivity index (χ4v) is 3.36. The minimum Gasteiger partial charge on any atom is -0.444 e. The van der Waals surface area contributed by atoms with E-state index in [0.29, 0.717) is 6.04 Å². The van der Waals surface area contributed by atoms with Crippen molar-refractivity contribution in [2.45, 2.75) is 97.2 Å². The predicted molar refractivity (Wildman–Crippen MR) is 92.1 cm³/mol. The normalized spacial score (nSPS) is 22.6. The Labute approximate surface area is 136 Å². The lowest BCUT2D eigenvalue weighted by molar-refractivity contribution is 0.0443. The molecule has 1 aliphatic rings. The summed E-state index contributed by atoms with van der Waals surface area (Å²) in [6.45, 7) is 13.1. The zero-order chi connectivity index (χ0) is 16.8. The topological polar surface area (TPSA) is 50.4 Å². The molecule has 1 fully saturated rings. The van der Waals surface area contributed by atoms with Crippen LogP contribution >= 0.6 is 0 Å². The van der Waals surface area contributed by atoms with Crippen LogP contribution in [0.3, 0.4) is 0 Å². The second-order valence-corrected chi connectivity index (χ2v) is 7.70. The Morgan fingerprint density at radius 1 is 1.14 bits per heavy atom. The lowest BCUT2D eigenvalue weighted by Gasteiger charge is -2.36. The van der Waals surface area contributed by atoms with Crippen LogP contribution in [0.5, 0.6) is 0 Å². The van der Waals surface area contributed by atoms with Crippen molar-refractivity contribution in [1.29, 1.82) is 0 Å². The third-order valence-corrected chi connectivity index (χ3v) is 5.01. The van der Waals surface area contributed by atoms with Gasteiger partial charge in [-0.1, -0.05) is 33.6 Å². The first-order valence-corrected chi connectivity index (χ1v) is 8.99. The Kier molecular flexibility index (Phi) is 7.17. The van der Waals surface area contributed by atoms with E-state index in [0.717, 1.165) is 25.3 Å². The maximum Gasteiger partial charge on any atom is 0.408 e. The van der Waals surface area contributed by atoms with E-state index < -0.39 is 5.60 Å². The summed E-state index contributed by atoms with van der Waals surface area (Å²) in [4.78, 5) is 12.1. The molecule has 0 aromatic carbocycles. The molecule has 130 valence electrons. The fraction of sp³-hybridized carbons (Fsp3) is 0.944. The van der Waals surface area contributed by atoms with E-state index in [2.05, 4.69) is 31.4 Å². The van der Waals surface area contributed by atoms with Gasteiger partial charge in [-0.25, -0.2) is 4.79 Å². The number of carbonyl (C=O) groups excluding carboxylic acids is 1. The van der Waals surface area contributed by atoms with Crippen LogP contribution in [0.1, 0.15) is 80.1 Å². The molecule has 0 saturated heterocycles. The van der Waals surface area contributed by atoms with Crippen LogP contribution in [0.25, 0.3) is 0 Å². The van der Waals surface area contributed by atoms with Crippen LogP contribution in [0, 0.1) is 5.92 Å². The molecule has 0 radical (unpaired) electrons. The highest BCUT2D eigenvalue weighted by Crippen LogP contribution is 2.28. The molecule has 0 aromatic rings. The van der Waals surface area contributed by atoms with Gasteiger partial charge in [-0.3, -0.25) is 0 Å².